The van der Waals surface area contributed by atoms with Crippen molar-refractivity contribution in [2.45, 2.75) is 51.5 Å². The topological polar surface area (TPSA) is 51.0 Å². The number of amides is 1. The van der Waals surface area contributed by atoms with E-state index in [9.17, 15) is 4.79 Å². The molecule has 0 radical (unpaired) electrons. The third kappa shape index (κ3) is 3.83. The quantitative estimate of drug-likeness (QED) is 0.812. The highest BCUT2D eigenvalue weighted by Crippen LogP contribution is 2.29. The Morgan fingerprint density at radius 1 is 1.29 bits per heavy atom. The van der Waals surface area contributed by atoms with Crippen molar-refractivity contribution in [3.63, 3.8) is 0 Å². The van der Waals surface area contributed by atoms with Crippen LogP contribution in [0.2, 0.25) is 0 Å². The Morgan fingerprint density at radius 2 is 2.00 bits per heavy atom. The average molecular weight is 326 g/mol. The van der Waals surface area contributed by atoms with E-state index in [0.717, 1.165) is 23.6 Å². The maximum absolute atomic E-state index is 12.5. The highest BCUT2D eigenvalue weighted by Gasteiger charge is 2.20. The van der Waals surface area contributed by atoms with Crippen LogP contribution in [-0.4, -0.2) is 32.6 Å². The molecule has 24 heavy (non-hydrogen) atoms. The maximum Gasteiger partial charge on any atom is 0.222 e. The predicted molar refractivity (Wildman–Crippen MR) is 93.7 cm³/mol. The fourth-order valence-electron chi connectivity index (χ4n) is 3.49. The molecule has 1 aromatic carbocycles. The summed E-state index contributed by atoms with van der Waals surface area (Å²) in [5, 5.41) is 4.13. The molecule has 0 aliphatic heterocycles. The first kappa shape index (κ1) is 16.7. The molecule has 0 N–H and O–H groups in total. The van der Waals surface area contributed by atoms with Crippen molar-refractivity contribution in [3.8, 4) is 5.69 Å². The molecule has 1 fully saturated rings. The Bertz CT molecular complexity index is 645. The number of nitrogens with zero attached hydrogens (tertiary/aromatic N) is 4. The molecule has 1 heterocycles. The van der Waals surface area contributed by atoms with E-state index in [1.165, 1.54) is 32.0 Å². The Hall–Kier alpha value is -2.17. The van der Waals surface area contributed by atoms with E-state index in [0.29, 0.717) is 6.42 Å². The number of carbonyl (C=O) groups is 1. The Morgan fingerprint density at radius 3 is 2.62 bits per heavy atom. The number of benzene rings is 1. The van der Waals surface area contributed by atoms with E-state index in [4.69, 9.17) is 0 Å². The molecule has 128 valence electrons. The number of rotatable bonds is 6. The lowest BCUT2D eigenvalue weighted by Crippen LogP contribution is -2.29. The normalized spacial score (nSPS) is 16.2. The molecule has 5 heteroatoms. The molecule has 0 bridgehead atoms. The summed E-state index contributed by atoms with van der Waals surface area (Å²) in [5.74, 6) is 1.01. The fraction of sp³-hybridized carbons (Fsp3) is 0.526. The van der Waals surface area contributed by atoms with E-state index in [2.05, 4.69) is 29.1 Å². The van der Waals surface area contributed by atoms with Crippen LogP contribution in [-0.2, 0) is 4.79 Å². The van der Waals surface area contributed by atoms with Crippen LogP contribution in [0.5, 0.6) is 0 Å². The Balaban J connectivity index is 1.57. The molecule has 1 atom stereocenters. The summed E-state index contributed by atoms with van der Waals surface area (Å²) in [6.45, 7) is 2.08. The van der Waals surface area contributed by atoms with Crippen LogP contribution >= 0.6 is 0 Å². The van der Waals surface area contributed by atoms with Crippen molar-refractivity contribution in [1.82, 2.24) is 19.7 Å². The first-order chi connectivity index (χ1) is 11.6. The van der Waals surface area contributed by atoms with Gasteiger partial charge < -0.3 is 4.90 Å². The van der Waals surface area contributed by atoms with E-state index >= 15 is 0 Å². The highest BCUT2D eigenvalue weighted by molar-refractivity contribution is 5.76. The molecular weight excluding hydrogens is 300 g/mol. The zero-order valence-corrected chi connectivity index (χ0v) is 14.6. The second kappa shape index (κ2) is 7.60. The van der Waals surface area contributed by atoms with Gasteiger partial charge in [-0.05, 0) is 37.0 Å². The molecule has 2 aromatic rings. The van der Waals surface area contributed by atoms with Gasteiger partial charge in [0.1, 0.15) is 12.7 Å². The number of hydrogen-bond donors (Lipinski definition) is 0. The Labute approximate surface area is 143 Å². The molecule has 1 unspecified atom stereocenters. The monoisotopic (exact) mass is 326 g/mol. The van der Waals surface area contributed by atoms with Gasteiger partial charge in [-0.25, -0.2) is 9.67 Å². The van der Waals surface area contributed by atoms with Gasteiger partial charge in [0.2, 0.25) is 5.91 Å². The second-order valence-corrected chi connectivity index (χ2v) is 6.80. The number of aromatic nitrogens is 3. The molecule has 1 saturated carbocycles. The van der Waals surface area contributed by atoms with E-state index < -0.39 is 0 Å². The minimum atomic E-state index is 0.0749. The van der Waals surface area contributed by atoms with Crippen LogP contribution in [0.25, 0.3) is 5.69 Å². The lowest BCUT2D eigenvalue weighted by atomic mass is 10.0. The van der Waals surface area contributed by atoms with Gasteiger partial charge in [0.25, 0.3) is 0 Å². The van der Waals surface area contributed by atoms with Crippen LogP contribution in [0.15, 0.2) is 36.9 Å². The molecule has 3 rings (SSSR count). The average Bonchev–Trinajstić information content (AvgIpc) is 3.32. The van der Waals surface area contributed by atoms with Crippen molar-refractivity contribution < 1.29 is 4.79 Å². The summed E-state index contributed by atoms with van der Waals surface area (Å²) in [6, 6.07) is 8.21. The van der Waals surface area contributed by atoms with E-state index in [1.807, 2.05) is 24.1 Å². The summed E-state index contributed by atoms with van der Waals surface area (Å²) in [7, 11) is 1.91. The number of carbonyl (C=O) groups excluding carboxylic acids is 1. The zero-order chi connectivity index (χ0) is 16.9. The summed E-state index contributed by atoms with van der Waals surface area (Å²) < 4.78 is 1.73. The van der Waals surface area contributed by atoms with Crippen LogP contribution in [0, 0.1) is 5.92 Å². The minimum absolute atomic E-state index is 0.0749. The second-order valence-electron chi connectivity index (χ2n) is 6.80. The number of hydrogen-bond acceptors (Lipinski definition) is 3. The van der Waals surface area contributed by atoms with Crippen molar-refractivity contribution in [2.24, 2.45) is 5.92 Å². The highest BCUT2D eigenvalue weighted by atomic mass is 16.2. The Kier molecular flexibility index (Phi) is 5.28. The maximum atomic E-state index is 12.5. The van der Waals surface area contributed by atoms with Crippen molar-refractivity contribution >= 4 is 5.91 Å². The third-order valence-electron chi connectivity index (χ3n) is 5.27. The van der Waals surface area contributed by atoms with Gasteiger partial charge in [-0.2, -0.15) is 5.10 Å². The molecule has 1 amide bonds. The van der Waals surface area contributed by atoms with Crippen molar-refractivity contribution in [3.05, 3.63) is 42.5 Å². The van der Waals surface area contributed by atoms with E-state index in [-0.39, 0.29) is 11.9 Å². The van der Waals surface area contributed by atoms with Gasteiger partial charge in [-0.15, -0.1) is 0 Å². The van der Waals surface area contributed by atoms with Crippen molar-refractivity contribution in [1.29, 1.82) is 0 Å². The molecule has 0 spiro atoms. The van der Waals surface area contributed by atoms with Crippen LogP contribution in [0.4, 0.5) is 0 Å². The minimum Gasteiger partial charge on any atom is -0.339 e. The van der Waals surface area contributed by atoms with Gasteiger partial charge in [-0.3, -0.25) is 4.79 Å². The van der Waals surface area contributed by atoms with Gasteiger partial charge >= 0.3 is 0 Å². The summed E-state index contributed by atoms with van der Waals surface area (Å²) in [6.07, 6.45) is 10.2. The van der Waals surface area contributed by atoms with Crippen LogP contribution < -0.4 is 0 Å². The van der Waals surface area contributed by atoms with Crippen molar-refractivity contribution in [2.75, 3.05) is 7.05 Å². The van der Waals surface area contributed by atoms with Crippen LogP contribution in [0.1, 0.15) is 57.1 Å². The summed E-state index contributed by atoms with van der Waals surface area (Å²) >= 11 is 0. The largest absolute Gasteiger partial charge is 0.339 e. The first-order valence-corrected chi connectivity index (χ1v) is 8.86. The van der Waals surface area contributed by atoms with E-state index in [1.54, 1.807) is 11.0 Å². The molecule has 5 nitrogen and oxygen atoms in total. The summed E-state index contributed by atoms with van der Waals surface area (Å²) in [4.78, 5) is 18.3. The molecule has 1 aliphatic rings. The summed E-state index contributed by atoms with van der Waals surface area (Å²) in [5.41, 5.74) is 2.11. The standard InChI is InChI=1S/C19H26N4O/c1-15(22(2)19(24)12-7-16-5-3-4-6-16)17-8-10-18(11-9-17)23-14-20-13-21-23/h8-11,13-16H,3-7,12H2,1-2H3. The zero-order valence-electron chi connectivity index (χ0n) is 14.6. The third-order valence-corrected chi connectivity index (χ3v) is 5.27. The van der Waals surface area contributed by atoms with Gasteiger partial charge in [-0.1, -0.05) is 37.8 Å². The lowest BCUT2D eigenvalue weighted by molar-refractivity contribution is -0.132. The van der Waals surface area contributed by atoms with Gasteiger partial charge in [0.05, 0.1) is 11.7 Å². The molecule has 1 aliphatic carbocycles. The SMILES string of the molecule is CC(c1ccc(-n2cncn2)cc1)N(C)C(=O)CCC1CCCC1. The fourth-order valence-corrected chi connectivity index (χ4v) is 3.49. The smallest absolute Gasteiger partial charge is 0.222 e. The van der Waals surface area contributed by atoms with Gasteiger partial charge in [0, 0.05) is 13.5 Å². The first-order valence-electron chi connectivity index (χ1n) is 8.86. The molecular formula is C19H26N4O. The van der Waals surface area contributed by atoms with Gasteiger partial charge in [0.15, 0.2) is 0 Å². The van der Waals surface area contributed by atoms with Crippen LogP contribution in [0.3, 0.4) is 0 Å². The molecule has 1 aromatic heterocycles. The predicted octanol–water partition coefficient (Wildman–Crippen LogP) is 3.76. The molecule has 0 saturated heterocycles. The lowest BCUT2D eigenvalue weighted by Gasteiger charge is -2.26.